The monoisotopic (exact) mass is 369 g/mol. The van der Waals surface area contributed by atoms with Crippen LogP contribution in [0.2, 0.25) is 0 Å². The number of ether oxygens (including phenoxy) is 1. The van der Waals surface area contributed by atoms with Gasteiger partial charge in [0.1, 0.15) is 5.75 Å². The molecule has 0 aliphatic carbocycles. The summed E-state index contributed by atoms with van der Waals surface area (Å²) in [7, 11) is 1.13. The molecule has 7 nitrogen and oxygen atoms in total. The van der Waals surface area contributed by atoms with Gasteiger partial charge in [-0.25, -0.2) is 0 Å². The molecule has 0 unspecified atom stereocenters. The minimum atomic E-state index is -3.46. The molecule has 0 saturated carbocycles. The highest BCUT2D eigenvalue weighted by Gasteiger charge is 2.29. The van der Waals surface area contributed by atoms with Crippen molar-refractivity contribution in [3.05, 3.63) is 28.8 Å². The Morgan fingerprint density at radius 2 is 1.80 bits per heavy atom. The number of benzene rings is 1. The smallest absolute Gasteiger partial charge is 0.281 e. The Hall–Kier alpha value is -1.64. The molecule has 1 aromatic rings. The zero-order valence-corrected chi connectivity index (χ0v) is 16.4. The first-order chi connectivity index (χ1) is 11.7. The predicted molar refractivity (Wildman–Crippen MR) is 97.2 cm³/mol. The molecule has 2 rings (SSSR count). The molecule has 1 saturated heterocycles. The zero-order chi connectivity index (χ0) is 18.8. The number of carbonyl (C=O) groups excluding carboxylic acids is 1. The van der Waals surface area contributed by atoms with E-state index in [-0.39, 0.29) is 5.91 Å². The van der Waals surface area contributed by atoms with Gasteiger partial charge in [0.25, 0.3) is 16.1 Å². The van der Waals surface area contributed by atoms with Gasteiger partial charge in [0.15, 0.2) is 0 Å². The van der Waals surface area contributed by atoms with Crippen LogP contribution in [0.1, 0.15) is 27.9 Å². The molecule has 0 aromatic heterocycles. The Labute approximate surface area is 150 Å². The van der Waals surface area contributed by atoms with Crippen molar-refractivity contribution >= 4 is 16.1 Å². The van der Waals surface area contributed by atoms with Crippen molar-refractivity contribution in [2.75, 3.05) is 47.4 Å². The summed E-state index contributed by atoms with van der Waals surface area (Å²) in [5.74, 6) is 0.447. The lowest BCUT2D eigenvalue weighted by atomic mass is 10.0. The number of methoxy groups -OCH3 is 1. The van der Waals surface area contributed by atoms with Gasteiger partial charge < -0.3 is 9.64 Å². The fourth-order valence-electron chi connectivity index (χ4n) is 3.08. The van der Waals surface area contributed by atoms with E-state index in [1.54, 1.807) is 12.0 Å². The van der Waals surface area contributed by atoms with E-state index in [0.29, 0.717) is 43.9 Å². The highest BCUT2D eigenvalue weighted by Crippen LogP contribution is 2.26. The normalized spacial score (nSPS) is 16.8. The van der Waals surface area contributed by atoms with Gasteiger partial charge >= 0.3 is 0 Å². The molecule has 0 atom stereocenters. The number of amides is 1. The number of rotatable bonds is 4. The molecular formula is C17H27N3O4S. The van der Waals surface area contributed by atoms with Crippen molar-refractivity contribution in [1.82, 2.24) is 13.5 Å². The van der Waals surface area contributed by atoms with E-state index in [2.05, 4.69) is 0 Å². The Morgan fingerprint density at radius 1 is 1.12 bits per heavy atom. The lowest BCUT2D eigenvalue weighted by Crippen LogP contribution is -2.42. The van der Waals surface area contributed by atoms with Crippen LogP contribution in [-0.4, -0.2) is 75.2 Å². The van der Waals surface area contributed by atoms with Gasteiger partial charge in [0.2, 0.25) is 0 Å². The average molecular weight is 369 g/mol. The topological polar surface area (TPSA) is 70.2 Å². The maximum absolute atomic E-state index is 13.0. The maximum Gasteiger partial charge on any atom is 0.281 e. The quantitative estimate of drug-likeness (QED) is 0.801. The standard InChI is InChI=1S/C17H27N3O4S/c1-13-11-14(2)16(15(12-13)24-5)17(21)19-7-6-8-20(10-9-19)25(22,23)18(3)4/h11-12H,6-10H2,1-5H3. The van der Waals surface area contributed by atoms with E-state index in [0.717, 1.165) is 11.1 Å². The number of hydrogen-bond acceptors (Lipinski definition) is 4. The highest BCUT2D eigenvalue weighted by atomic mass is 32.2. The second-order valence-electron chi connectivity index (χ2n) is 6.49. The van der Waals surface area contributed by atoms with Crippen LogP contribution in [0.3, 0.4) is 0 Å². The number of nitrogens with zero attached hydrogens (tertiary/aromatic N) is 3. The number of hydrogen-bond donors (Lipinski definition) is 0. The van der Waals surface area contributed by atoms with E-state index in [1.807, 2.05) is 26.0 Å². The number of aryl methyl sites for hydroxylation is 2. The molecule has 1 aliphatic heterocycles. The third-order valence-electron chi connectivity index (χ3n) is 4.41. The molecule has 1 aliphatic rings. The molecule has 1 heterocycles. The molecule has 0 N–H and O–H groups in total. The minimum absolute atomic E-state index is 0.113. The van der Waals surface area contributed by atoms with Crippen LogP contribution in [-0.2, 0) is 10.2 Å². The average Bonchev–Trinajstić information content (AvgIpc) is 2.79. The highest BCUT2D eigenvalue weighted by molar-refractivity contribution is 7.86. The SMILES string of the molecule is COc1cc(C)cc(C)c1C(=O)N1CCCN(S(=O)(=O)N(C)C)CC1. The van der Waals surface area contributed by atoms with Crippen molar-refractivity contribution in [2.24, 2.45) is 0 Å². The van der Waals surface area contributed by atoms with Crippen molar-refractivity contribution in [1.29, 1.82) is 0 Å². The van der Waals surface area contributed by atoms with Crippen molar-refractivity contribution in [2.45, 2.75) is 20.3 Å². The summed E-state index contributed by atoms with van der Waals surface area (Å²) >= 11 is 0. The second kappa shape index (κ2) is 7.72. The van der Waals surface area contributed by atoms with Gasteiger partial charge in [-0.3, -0.25) is 4.79 Å². The molecule has 1 fully saturated rings. The van der Waals surface area contributed by atoms with E-state index in [4.69, 9.17) is 4.74 Å². The first kappa shape index (κ1) is 19.7. The second-order valence-corrected chi connectivity index (χ2v) is 8.64. The summed E-state index contributed by atoms with van der Waals surface area (Å²) in [5.41, 5.74) is 2.45. The van der Waals surface area contributed by atoms with Crippen LogP contribution in [0.4, 0.5) is 0 Å². The molecule has 8 heteroatoms. The molecule has 25 heavy (non-hydrogen) atoms. The molecular weight excluding hydrogens is 342 g/mol. The molecule has 0 bridgehead atoms. The fourth-order valence-corrected chi connectivity index (χ4v) is 4.21. The van der Waals surface area contributed by atoms with Gasteiger partial charge in [-0.15, -0.1) is 0 Å². The van der Waals surface area contributed by atoms with E-state index < -0.39 is 10.2 Å². The zero-order valence-electron chi connectivity index (χ0n) is 15.6. The van der Waals surface area contributed by atoms with Crippen molar-refractivity contribution in [3.8, 4) is 5.75 Å². The van der Waals surface area contributed by atoms with Gasteiger partial charge in [-0.2, -0.15) is 17.0 Å². The van der Waals surface area contributed by atoms with Crippen LogP contribution >= 0.6 is 0 Å². The van der Waals surface area contributed by atoms with Crippen molar-refractivity contribution < 1.29 is 17.9 Å². The van der Waals surface area contributed by atoms with Crippen LogP contribution in [0, 0.1) is 13.8 Å². The Bertz CT molecular complexity index is 747. The van der Waals surface area contributed by atoms with Crippen LogP contribution < -0.4 is 4.74 Å². The largest absolute Gasteiger partial charge is 0.496 e. The third-order valence-corrected chi connectivity index (χ3v) is 6.35. The summed E-state index contributed by atoms with van der Waals surface area (Å²) in [6.45, 7) is 5.44. The Balaban J connectivity index is 2.23. The van der Waals surface area contributed by atoms with Gasteiger partial charge in [0, 0.05) is 40.3 Å². The Kier molecular flexibility index (Phi) is 6.08. The van der Waals surface area contributed by atoms with Gasteiger partial charge in [0.05, 0.1) is 12.7 Å². The van der Waals surface area contributed by atoms with E-state index >= 15 is 0 Å². The van der Waals surface area contributed by atoms with E-state index in [1.165, 1.54) is 22.7 Å². The molecule has 1 aromatic carbocycles. The summed E-state index contributed by atoms with van der Waals surface area (Å²) in [6, 6.07) is 3.80. The summed E-state index contributed by atoms with van der Waals surface area (Å²) in [6.07, 6.45) is 0.603. The van der Waals surface area contributed by atoms with Crippen LogP contribution in [0.15, 0.2) is 12.1 Å². The lowest BCUT2D eigenvalue weighted by Gasteiger charge is -2.25. The fraction of sp³-hybridized carbons (Fsp3) is 0.588. The summed E-state index contributed by atoms with van der Waals surface area (Å²) in [4.78, 5) is 14.7. The lowest BCUT2D eigenvalue weighted by molar-refractivity contribution is 0.0760. The first-order valence-corrected chi connectivity index (χ1v) is 9.70. The predicted octanol–water partition coefficient (Wildman–Crippen LogP) is 1.27. The third kappa shape index (κ3) is 4.13. The molecule has 0 spiro atoms. The first-order valence-electron chi connectivity index (χ1n) is 8.30. The van der Waals surface area contributed by atoms with Crippen LogP contribution in [0.25, 0.3) is 0 Å². The van der Waals surface area contributed by atoms with E-state index in [9.17, 15) is 13.2 Å². The van der Waals surface area contributed by atoms with Gasteiger partial charge in [-0.1, -0.05) is 6.07 Å². The van der Waals surface area contributed by atoms with Gasteiger partial charge in [-0.05, 0) is 37.5 Å². The molecule has 0 radical (unpaired) electrons. The summed E-state index contributed by atoms with van der Waals surface area (Å²) < 4.78 is 32.6. The van der Waals surface area contributed by atoms with Crippen LogP contribution in [0.5, 0.6) is 5.75 Å². The summed E-state index contributed by atoms with van der Waals surface area (Å²) in [5, 5.41) is 0. The Morgan fingerprint density at radius 3 is 2.40 bits per heavy atom. The molecule has 1 amide bonds. The molecule has 140 valence electrons. The maximum atomic E-state index is 13.0. The number of carbonyl (C=O) groups is 1. The minimum Gasteiger partial charge on any atom is -0.496 e. The van der Waals surface area contributed by atoms with Crippen molar-refractivity contribution in [3.63, 3.8) is 0 Å².